The van der Waals surface area contributed by atoms with Crippen LogP contribution < -0.4 is 14.8 Å². The molecule has 58 heavy (non-hydrogen) atoms. The highest BCUT2D eigenvalue weighted by atomic mass is 32.1. The number of hydrogen-bond donors (Lipinski definition) is 2. The predicted octanol–water partition coefficient (Wildman–Crippen LogP) is 8.02. The van der Waals surface area contributed by atoms with Crippen LogP contribution >= 0.6 is 22.7 Å². The Bertz CT molecular complexity index is 2280. The van der Waals surface area contributed by atoms with Crippen molar-refractivity contribution in [3.63, 3.8) is 0 Å². The smallest absolute Gasteiger partial charge is 0.471 e. The summed E-state index contributed by atoms with van der Waals surface area (Å²) in [5.74, 6) is -2.86. The van der Waals surface area contributed by atoms with Crippen molar-refractivity contribution in [1.29, 1.82) is 0 Å². The number of carboxylic acids is 1. The fourth-order valence-electron chi connectivity index (χ4n) is 7.77. The fourth-order valence-corrected chi connectivity index (χ4v) is 9.44. The minimum Gasteiger partial charge on any atom is -0.479 e. The molecule has 0 radical (unpaired) electrons. The van der Waals surface area contributed by atoms with Crippen LogP contribution in [0.3, 0.4) is 0 Å². The number of para-hydroxylation sites is 2. The highest BCUT2D eigenvalue weighted by Gasteiger charge is 2.52. The van der Waals surface area contributed by atoms with Crippen LogP contribution in [0, 0.1) is 5.92 Å². The second-order valence-corrected chi connectivity index (χ2v) is 16.5. The van der Waals surface area contributed by atoms with Crippen molar-refractivity contribution in [1.82, 2.24) is 30.0 Å². The molecule has 4 aromatic carbocycles. The number of carboxylic acid groups (broad SMARTS) is 1. The van der Waals surface area contributed by atoms with Gasteiger partial charge in [0, 0.05) is 38.8 Å². The first-order valence-electron chi connectivity index (χ1n) is 19.1. The highest BCUT2D eigenvalue weighted by Crippen LogP contribution is 2.35. The van der Waals surface area contributed by atoms with Crippen LogP contribution in [0.5, 0.6) is 21.9 Å². The molecule has 8 rings (SSSR count). The first-order valence-corrected chi connectivity index (χ1v) is 20.7. The average molecular weight is 831 g/mol. The van der Waals surface area contributed by atoms with Gasteiger partial charge in [-0.15, -0.1) is 0 Å². The third-order valence-electron chi connectivity index (χ3n) is 10.7. The van der Waals surface area contributed by atoms with Gasteiger partial charge in [0.05, 0.1) is 20.4 Å². The van der Waals surface area contributed by atoms with E-state index in [2.05, 4.69) is 20.2 Å². The summed E-state index contributed by atoms with van der Waals surface area (Å²) in [4.78, 5) is 39.9. The molecule has 4 heterocycles. The van der Waals surface area contributed by atoms with Crippen LogP contribution in [-0.2, 0) is 22.6 Å². The van der Waals surface area contributed by atoms with Gasteiger partial charge in [-0.3, -0.25) is 14.6 Å². The molecule has 0 saturated carbocycles. The molecular weight excluding hydrogens is 790 g/mol. The van der Waals surface area contributed by atoms with Crippen molar-refractivity contribution >= 4 is 55.0 Å². The van der Waals surface area contributed by atoms with Crippen LogP contribution in [0.2, 0.25) is 0 Å². The molecule has 2 aliphatic heterocycles. The van der Waals surface area contributed by atoms with E-state index in [-0.39, 0.29) is 25.4 Å². The van der Waals surface area contributed by atoms with E-state index in [0.717, 1.165) is 26.0 Å². The van der Waals surface area contributed by atoms with Gasteiger partial charge in [-0.2, -0.15) is 13.2 Å². The fraction of sp³-hybridized carbons (Fsp3) is 0.333. The van der Waals surface area contributed by atoms with E-state index in [1.807, 2.05) is 72.8 Å². The number of halogens is 3. The zero-order valence-corrected chi connectivity index (χ0v) is 32.9. The topological polar surface area (TPSA) is 120 Å². The molecule has 0 bridgehead atoms. The molecule has 0 aliphatic carbocycles. The number of thiazole rings is 2. The quantitative estimate of drug-likeness (QED) is 0.118. The number of carbonyl (C=O) groups excluding carboxylic acids is 1. The Morgan fingerprint density at radius 3 is 1.79 bits per heavy atom. The molecule has 2 aromatic heterocycles. The Balaban J connectivity index is 0.965. The third-order valence-corrected chi connectivity index (χ3v) is 12.5. The second kappa shape index (κ2) is 17.4. The lowest BCUT2D eigenvalue weighted by atomic mass is 9.84. The van der Waals surface area contributed by atoms with Crippen LogP contribution in [0.15, 0.2) is 97.1 Å². The molecule has 2 aliphatic rings. The van der Waals surface area contributed by atoms with Gasteiger partial charge in [-0.05, 0) is 97.9 Å². The van der Waals surface area contributed by atoms with Gasteiger partial charge in [-0.25, -0.2) is 14.8 Å². The maximum absolute atomic E-state index is 14.5. The maximum Gasteiger partial charge on any atom is 0.471 e. The summed E-state index contributed by atoms with van der Waals surface area (Å²) < 4.78 is 57.6. The SMILES string of the molecule is O=C(O)C(N1CCN(Cc2ccc(Oc3nc4ccccc4s3)cc2)CC1)N(C(=O)C(F)(F)F)C(Cc1ccc(Oc2nc3ccccc3s2)cc1)C1CCNCC1. The van der Waals surface area contributed by atoms with Crippen molar-refractivity contribution in [3.8, 4) is 21.9 Å². The van der Waals surface area contributed by atoms with Crippen LogP contribution in [0.1, 0.15) is 24.0 Å². The Hall–Kier alpha value is -5.13. The molecule has 2 fully saturated rings. The number of rotatable bonds is 13. The van der Waals surface area contributed by atoms with Crippen molar-refractivity contribution < 1.29 is 37.3 Å². The van der Waals surface area contributed by atoms with Gasteiger partial charge < -0.3 is 24.8 Å². The number of aromatic nitrogens is 2. The molecule has 2 unspecified atom stereocenters. The third kappa shape index (κ3) is 9.26. The number of nitrogens with one attached hydrogen (secondary N) is 1. The number of aliphatic carboxylic acids is 1. The van der Waals surface area contributed by atoms with Crippen LogP contribution in [0.4, 0.5) is 13.2 Å². The molecular formula is C42H41F3N6O5S2. The van der Waals surface area contributed by atoms with Gasteiger partial charge in [0.2, 0.25) is 0 Å². The molecule has 0 spiro atoms. The standard InChI is InChI=1S/C42H41F3N6O5S2/c43-42(44,45)39(54)51(34(29-17-19-46-20-18-29)25-27-9-13-30(14-10-27)55-40-47-32-5-1-3-7-35(32)57-40)37(38(52)53)50-23-21-49(22-24-50)26-28-11-15-31(16-12-28)56-41-48-33-6-2-4-8-36(33)58-41/h1-16,29,34,37,46H,17-26H2,(H,52,53). The molecule has 2 atom stereocenters. The van der Waals surface area contributed by atoms with Gasteiger partial charge >= 0.3 is 18.1 Å². The zero-order valence-electron chi connectivity index (χ0n) is 31.3. The minimum atomic E-state index is -5.28. The Kier molecular flexibility index (Phi) is 11.9. The average Bonchev–Trinajstić information content (AvgIpc) is 3.84. The van der Waals surface area contributed by atoms with E-state index in [9.17, 15) is 27.9 Å². The lowest BCUT2D eigenvalue weighted by Crippen LogP contribution is -2.66. The summed E-state index contributed by atoms with van der Waals surface area (Å²) in [5, 5.41) is 14.9. The number of ether oxygens (including phenoxy) is 2. The number of alkyl halides is 3. The number of hydrogen-bond acceptors (Lipinski definition) is 11. The van der Waals surface area contributed by atoms with Crippen molar-refractivity contribution in [2.75, 3.05) is 39.3 Å². The van der Waals surface area contributed by atoms with Crippen molar-refractivity contribution in [2.24, 2.45) is 5.92 Å². The van der Waals surface area contributed by atoms with E-state index < -0.39 is 30.3 Å². The molecule has 302 valence electrons. The molecule has 6 aromatic rings. The lowest BCUT2D eigenvalue weighted by molar-refractivity contribution is -0.201. The Morgan fingerprint density at radius 1 is 0.776 bits per heavy atom. The Morgan fingerprint density at radius 2 is 1.29 bits per heavy atom. The largest absolute Gasteiger partial charge is 0.479 e. The number of nitrogens with zero attached hydrogens (tertiary/aromatic N) is 5. The summed E-state index contributed by atoms with van der Waals surface area (Å²) in [6.07, 6.45) is -6.06. The van der Waals surface area contributed by atoms with Gasteiger partial charge in [0.1, 0.15) is 11.5 Å². The summed E-state index contributed by atoms with van der Waals surface area (Å²) in [6, 6.07) is 29.0. The monoisotopic (exact) mass is 830 g/mol. The normalized spacial score (nSPS) is 16.9. The first kappa shape index (κ1) is 39.7. The number of amides is 1. The highest BCUT2D eigenvalue weighted by molar-refractivity contribution is 7.20. The second-order valence-electron chi connectivity index (χ2n) is 14.5. The van der Waals surface area contributed by atoms with E-state index in [1.54, 1.807) is 24.3 Å². The Labute approximate surface area is 340 Å². The lowest BCUT2D eigenvalue weighted by Gasteiger charge is -2.47. The number of piperazine rings is 1. The molecule has 1 amide bonds. The van der Waals surface area contributed by atoms with Gasteiger partial charge in [-0.1, -0.05) is 71.2 Å². The molecule has 11 nitrogen and oxygen atoms in total. The number of fused-ring (bicyclic) bond motifs is 2. The first-order chi connectivity index (χ1) is 28.1. The van der Waals surface area contributed by atoms with Crippen molar-refractivity contribution in [3.05, 3.63) is 108 Å². The predicted molar refractivity (Wildman–Crippen MR) is 217 cm³/mol. The molecule has 2 N–H and O–H groups in total. The number of piperidine rings is 1. The molecule has 16 heteroatoms. The van der Waals surface area contributed by atoms with Gasteiger partial charge in [0.15, 0.2) is 6.17 Å². The van der Waals surface area contributed by atoms with Gasteiger partial charge in [0.25, 0.3) is 10.4 Å². The summed E-state index contributed by atoms with van der Waals surface area (Å²) in [5.41, 5.74) is 3.34. The minimum absolute atomic E-state index is 0.0380. The van der Waals surface area contributed by atoms with E-state index in [0.29, 0.717) is 77.9 Å². The van der Waals surface area contributed by atoms with E-state index >= 15 is 0 Å². The number of benzene rings is 4. The summed E-state index contributed by atoms with van der Waals surface area (Å²) in [7, 11) is 0. The summed E-state index contributed by atoms with van der Waals surface area (Å²) >= 11 is 2.86. The van der Waals surface area contributed by atoms with E-state index in [1.165, 1.54) is 27.6 Å². The maximum atomic E-state index is 14.5. The summed E-state index contributed by atoms with van der Waals surface area (Å²) in [6.45, 7) is 2.77. The van der Waals surface area contributed by atoms with Crippen molar-refractivity contribution in [2.45, 2.75) is 44.2 Å². The zero-order chi connectivity index (χ0) is 40.2. The van der Waals surface area contributed by atoms with E-state index in [4.69, 9.17) is 9.47 Å². The van der Waals surface area contributed by atoms with Crippen LogP contribution in [-0.4, -0.2) is 99.3 Å². The van der Waals surface area contributed by atoms with Crippen LogP contribution in [0.25, 0.3) is 20.4 Å². The number of carbonyl (C=O) groups is 2. The molecule has 2 saturated heterocycles.